The number of esters is 1. The first-order chi connectivity index (χ1) is 10.0. The van der Waals surface area contributed by atoms with E-state index in [4.69, 9.17) is 10.00 Å². The van der Waals surface area contributed by atoms with Crippen molar-refractivity contribution < 1.29 is 23.1 Å². The van der Waals surface area contributed by atoms with Crippen molar-refractivity contribution >= 4 is 23.6 Å². The second kappa shape index (κ2) is 8.86. The molecule has 0 radical (unpaired) electrons. The van der Waals surface area contributed by atoms with Crippen molar-refractivity contribution in [1.82, 2.24) is 10.3 Å². The standard InChI is InChI=1S/C12H11F2N3O3S/c13-12(14)21-10-8(3-1-5-17-10)11(19)20-7-9(18)16-6-2-4-15/h1,3,5,12H,2,6-7H2,(H,16,18). The van der Waals surface area contributed by atoms with Crippen molar-refractivity contribution in [2.45, 2.75) is 17.2 Å². The molecule has 1 aromatic heterocycles. The molecule has 1 aromatic rings. The van der Waals surface area contributed by atoms with E-state index < -0.39 is 24.2 Å². The predicted molar refractivity (Wildman–Crippen MR) is 69.6 cm³/mol. The number of carbonyl (C=O) groups excluding carboxylic acids is 2. The molecule has 112 valence electrons. The summed E-state index contributed by atoms with van der Waals surface area (Å²) in [4.78, 5) is 26.7. The van der Waals surface area contributed by atoms with E-state index in [-0.39, 0.29) is 35.3 Å². The number of carbonyl (C=O) groups is 2. The maximum Gasteiger partial charge on any atom is 0.341 e. The highest BCUT2D eigenvalue weighted by molar-refractivity contribution is 7.99. The second-order valence-electron chi connectivity index (χ2n) is 3.57. The maximum absolute atomic E-state index is 12.3. The zero-order valence-corrected chi connectivity index (χ0v) is 11.5. The third-order valence-electron chi connectivity index (χ3n) is 2.09. The first-order valence-electron chi connectivity index (χ1n) is 5.75. The molecule has 9 heteroatoms. The fraction of sp³-hybridized carbons (Fsp3) is 0.333. The first-order valence-corrected chi connectivity index (χ1v) is 6.63. The van der Waals surface area contributed by atoms with Crippen molar-refractivity contribution in [2.24, 2.45) is 0 Å². The van der Waals surface area contributed by atoms with Crippen molar-refractivity contribution in [3.63, 3.8) is 0 Å². The molecule has 1 amide bonds. The summed E-state index contributed by atoms with van der Waals surface area (Å²) in [5.74, 6) is -4.21. The molecule has 0 aliphatic heterocycles. The van der Waals surface area contributed by atoms with Crippen LogP contribution in [0.15, 0.2) is 23.4 Å². The van der Waals surface area contributed by atoms with Gasteiger partial charge in [0.25, 0.3) is 11.7 Å². The minimum atomic E-state index is -2.72. The van der Waals surface area contributed by atoms with Gasteiger partial charge in [-0.1, -0.05) is 0 Å². The molecule has 0 spiro atoms. The average molecular weight is 315 g/mol. The van der Waals surface area contributed by atoms with Crippen LogP contribution in [0, 0.1) is 11.3 Å². The number of halogens is 2. The number of aromatic nitrogens is 1. The lowest BCUT2D eigenvalue weighted by molar-refractivity contribution is -0.124. The van der Waals surface area contributed by atoms with E-state index in [1.807, 2.05) is 6.07 Å². The molecule has 0 aliphatic rings. The van der Waals surface area contributed by atoms with Crippen LogP contribution in [0.4, 0.5) is 8.78 Å². The zero-order chi connectivity index (χ0) is 15.7. The quantitative estimate of drug-likeness (QED) is 0.466. The minimum absolute atomic E-state index is 0.123. The molecule has 1 N–H and O–H groups in total. The molecule has 6 nitrogen and oxygen atoms in total. The summed E-state index contributed by atoms with van der Waals surface area (Å²) in [6, 6.07) is 4.52. The Labute approximate surface area is 123 Å². The average Bonchev–Trinajstić information content (AvgIpc) is 2.45. The number of alkyl halides is 2. The van der Waals surface area contributed by atoms with E-state index in [0.29, 0.717) is 0 Å². The molecule has 0 aromatic carbocycles. The summed E-state index contributed by atoms with van der Waals surface area (Å²) < 4.78 is 29.4. The van der Waals surface area contributed by atoms with Crippen LogP contribution in [0.5, 0.6) is 0 Å². The molecule has 0 atom stereocenters. The van der Waals surface area contributed by atoms with Crippen molar-refractivity contribution in [3.05, 3.63) is 23.9 Å². The monoisotopic (exact) mass is 315 g/mol. The van der Waals surface area contributed by atoms with Gasteiger partial charge in [-0.3, -0.25) is 4.79 Å². The van der Waals surface area contributed by atoms with Crippen molar-refractivity contribution in [2.75, 3.05) is 13.2 Å². The van der Waals surface area contributed by atoms with E-state index in [0.717, 1.165) is 0 Å². The Balaban J connectivity index is 2.56. The fourth-order valence-corrected chi connectivity index (χ4v) is 1.81. The van der Waals surface area contributed by atoms with Crippen LogP contribution in [0.25, 0.3) is 0 Å². The van der Waals surface area contributed by atoms with Gasteiger partial charge in [0.05, 0.1) is 18.1 Å². The first kappa shape index (κ1) is 16.8. The van der Waals surface area contributed by atoms with Crippen molar-refractivity contribution in [1.29, 1.82) is 5.26 Å². The molecule has 21 heavy (non-hydrogen) atoms. The van der Waals surface area contributed by atoms with E-state index in [1.54, 1.807) is 0 Å². The number of hydrogen-bond acceptors (Lipinski definition) is 6. The van der Waals surface area contributed by atoms with Gasteiger partial charge in [-0.05, 0) is 23.9 Å². The number of amides is 1. The van der Waals surface area contributed by atoms with Crippen LogP contribution in [-0.4, -0.2) is 35.8 Å². The van der Waals surface area contributed by atoms with Gasteiger partial charge in [0.1, 0.15) is 5.03 Å². The molecule has 1 heterocycles. The molecule has 0 unspecified atom stereocenters. The lowest BCUT2D eigenvalue weighted by Crippen LogP contribution is -2.29. The van der Waals surface area contributed by atoms with Crippen LogP contribution in [0.2, 0.25) is 0 Å². The summed E-state index contributed by atoms with van der Waals surface area (Å²) in [5.41, 5.74) is -0.132. The Morgan fingerprint density at radius 2 is 2.29 bits per heavy atom. The second-order valence-corrected chi connectivity index (χ2v) is 4.55. The number of nitrogens with one attached hydrogen (secondary N) is 1. The van der Waals surface area contributed by atoms with Gasteiger partial charge in [0, 0.05) is 12.7 Å². The Bertz CT molecular complexity index is 549. The van der Waals surface area contributed by atoms with Gasteiger partial charge < -0.3 is 10.1 Å². The predicted octanol–water partition coefficient (Wildman–Crippen LogP) is 1.58. The summed E-state index contributed by atoms with van der Waals surface area (Å²) >= 11 is 0.123. The summed E-state index contributed by atoms with van der Waals surface area (Å²) in [7, 11) is 0. The Kier molecular flexibility index (Phi) is 7.11. The Morgan fingerprint density at radius 1 is 1.52 bits per heavy atom. The summed E-state index contributed by atoms with van der Waals surface area (Å²) in [5, 5.41) is 10.5. The van der Waals surface area contributed by atoms with Crippen molar-refractivity contribution in [3.8, 4) is 6.07 Å². The van der Waals surface area contributed by atoms with Crippen LogP contribution in [0.3, 0.4) is 0 Å². The van der Waals surface area contributed by atoms with Crippen LogP contribution >= 0.6 is 11.8 Å². The van der Waals surface area contributed by atoms with Gasteiger partial charge in [-0.2, -0.15) is 14.0 Å². The van der Waals surface area contributed by atoms with E-state index >= 15 is 0 Å². The number of hydrogen-bond donors (Lipinski definition) is 1. The zero-order valence-electron chi connectivity index (χ0n) is 10.7. The number of pyridine rings is 1. The third kappa shape index (κ3) is 6.18. The van der Waals surface area contributed by atoms with Gasteiger partial charge in [-0.25, -0.2) is 9.78 Å². The smallest absolute Gasteiger partial charge is 0.341 e. The molecule has 0 fully saturated rings. The molecule has 0 saturated carbocycles. The highest BCUT2D eigenvalue weighted by Gasteiger charge is 2.18. The van der Waals surface area contributed by atoms with Crippen LogP contribution < -0.4 is 5.32 Å². The van der Waals surface area contributed by atoms with Gasteiger partial charge in [0.15, 0.2) is 6.61 Å². The highest BCUT2D eigenvalue weighted by Crippen LogP contribution is 2.26. The highest BCUT2D eigenvalue weighted by atomic mass is 32.2. The molecular weight excluding hydrogens is 304 g/mol. The Hall–Kier alpha value is -2.21. The number of thioether (sulfide) groups is 1. The molecule has 0 saturated heterocycles. The minimum Gasteiger partial charge on any atom is -0.452 e. The number of nitrogens with zero attached hydrogens (tertiary/aromatic N) is 2. The third-order valence-corrected chi connectivity index (χ3v) is 2.81. The normalized spacial score (nSPS) is 10.0. The molecular formula is C12H11F2N3O3S. The SMILES string of the molecule is N#CCCNC(=O)COC(=O)c1cccnc1SC(F)F. The lowest BCUT2D eigenvalue weighted by Gasteiger charge is -2.08. The summed E-state index contributed by atoms with van der Waals surface area (Å²) in [6.45, 7) is -0.412. The molecule has 0 aliphatic carbocycles. The van der Waals surface area contributed by atoms with E-state index in [2.05, 4.69) is 10.3 Å². The Morgan fingerprint density at radius 3 is 2.95 bits per heavy atom. The molecule has 1 rings (SSSR count). The number of rotatable bonds is 7. The van der Waals surface area contributed by atoms with Crippen LogP contribution in [0.1, 0.15) is 16.8 Å². The van der Waals surface area contributed by atoms with Gasteiger partial charge in [0.2, 0.25) is 0 Å². The number of nitriles is 1. The van der Waals surface area contributed by atoms with E-state index in [1.165, 1.54) is 18.3 Å². The van der Waals surface area contributed by atoms with E-state index in [9.17, 15) is 18.4 Å². The van der Waals surface area contributed by atoms with Crippen LogP contribution in [-0.2, 0) is 9.53 Å². The lowest BCUT2D eigenvalue weighted by atomic mass is 10.3. The van der Waals surface area contributed by atoms with Gasteiger partial charge >= 0.3 is 5.97 Å². The topological polar surface area (TPSA) is 92.1 Å². The number of ether oxygens (including phenoxy) is 1. The fourth-order valence-electron chi connectivity index (χ4n) is 1.24. The largest absolute Gasteiger partial charge is 0.452 e. The molecule has 0 bridgehead atoms. The maximum atomic E-state index is 12.3. The summed E-state index contributed by atoms with van der Waals surface area (Å²) in [6.07, 6.45) is 1.41. The van der Waals surface area contributed by atoms with Gasteiger partial charge in [-0.15, -0.1) is 0 Å².